The van der Waals surface area contributed by atoms with Crippen molar-refractivity contribution in [2.75, 3.05) is 6.54 Å². The highest BCUT2D eigenvalue weighted by molar-refractivity contribution is 5.65. The fraction of sp³-hybridized carbons (Fsp3) is 0.368. The van der Waals surface area contributed by atoms with Crippen molar-refractivity contribution >= 4 is 0 Å². The van der Waals surface area contributed by atoms with Crippen molar-refractivity contribution in [2.45, 2.75) is 38.0 Å². The number of halogens is 3. The van der Waals surface area contributed by atoms with Crippen LogP contribution in [0.1, 0.15) is 29.5 Å². The molecular weight excluding hydrogens is 299 g/mol. The molecule has 1 heterocycles. The topological polar surface area (TPSA) is 3.24 Å². The molecule has 0 amide bonds. The van der Waals surface area contributed by atoms with Gasteiger partial charge in [-0.1, -0.05) is 24.3 Å². The van der Waals surface area contributed by atoms with Gasteiger partial charge < -0.3 is 0 Å². The van der Waals surface area contributed by atoms with Crippen LogP contribution in [0.4, 0.5) is 13.2 Å². The number of nitrogens with zero attached hydrogens (tertiary/aromatic N) is 1. The number of hydrogen-bond acceptors (Lipinski definition) is 1. The molecule has 0 radical (unpaired) electrons. The standard InChI is InChI=1S/C19H18F3N/c20-19(21,22)17-5-3-13(4-6-17)15-2-1-14-9-10-23(18-7-8-18)12-16(14)11-15/h1-6,11,18H,7-10,12H2. The Labute approximate surface area is 133 Å². The van der Waals surface area contributed by atoms with Crippen LogP contribution >= 0.6 is 0 Å². The minimum absolute atomic E-state index is 0.598. The van der Waals surface area contributed by atoms with E-state index in [1.54, 1.807) is 12.1 Å². The molecule has 0 spiro atoms. The van der Waals surface area contributed by atoms with Crippen molar-refractivity contribution in [1.82, 2.24) is 4.90 Å². The molecule has 1 fully saturated rings. The van der Waals surface area contributed by atoms with Gasteiger partial charge in [0.05, 0.1) is 5.56 Å². The first-order chi connectivity index (χ1) is 11.0. The van der Waals surface area contributed by atoms with Crippen LogP contribution in [0.5, 0.6) is 0 Å². The molecule has 4 rings (SSSR count). The van der Waals surface area contributed by atoms with Gasteiger partial charge in [0.25, 0.3) is 0 Å². The SMILES string of the molecule is FC(F)(F)c1ccc(-c2ccc3c(c2)CN(C2CC2)CC3)cc1. The Morgan fingerprint density at radius 3 is 2.22 bits per heavy atom. The van der Waals surface area contributed by atoms with Gasteiger partial charge in [0, 0.05) is 19.1 Å². The first kappa shape index (κ1) is 14.8. The van der Waals surface area contributed by atoms with E-state index in [4.69, 9.17) is 0 Å². The number of benzene rings is 2. The highest BCUT2D eigenvalue weighted by Gasteiger charge is 2.31. The van der Waals surface area contributed by atoms with Crippen molar-refractivity contribution in [3.8, 4) is 11.1 Å². The van der Waals surface area contributed by atoms with Gasteiger partial charge in [-0.2, -0.15) is 13.2 Å². The van der Waals surface area contributed by atoms with E-state index in [0.29, 0.717) is 0 Å². The Balaban J connectivity index is 1.61. The molecule has 120 valence electrons. The fourth-order valence-corrected chi connectivity index (χ4v) is 3.36. The van der Waals surface area contributed by atoms with E-state index < -0.39 is 11.7 Å². The van der Waals surface area contributed by atoms with Crippen molar-refractivity contribution in [3.05, 3.63) is 59.2 Å². The van der Waals surface area contributed by atoms with Crippen LogP contribution in [-0.2, 0) is 19.1 Å². The van der Waals surface area contributed by atoms with Gasteiger partial charge in [0.15, 0.2) is 0 Å². The maximum absolute atomic E-state index is 12.7. The van der Waals surface area contributed by atoms with Crippen LogP contribution in [0, 0.1) is 0 Å². The van der Waals surface area contributed by atoms with E-state index in [-0.39, 0.29) is 0 Å². The van der Waals surface area contributed by atoms with E-state index in [1.807, 2.05) is 6.07 Å². The van der Waals surface area contributed by atoms with E-state index in [2.05, 4.69) is 17.0 Å². The number of rotatable bonds is 2. The first-order valence-corrected chi connectivity index (χ1v) is 8.04. The zero-order chi connectivity index (χ0) is 16.0. The summed E-state index contributed by atoms with van der Waals surface area (Å²) < 4.78 is 38.0. The van der Waals surface area contributed by atoms with Crippen molar-refractivity contribution < 1.29 is 13.2 Å². The fourth-order valence-electron chi connectivity index (χ4n) is 3.36. The maximum atomic E-state index is 12.7. The lowest BCUT2D eigenvalue weighted by molar-refractivity contribution is -0.137. The predicted molar refractivity (Wildman–Crippen MR) is 84.0 cm³/mol. The largest absolute Gasteiger partial charge is 0.416 e. The smallest absolute Gasteiger partial charge is 0.296 e. The van der Waals surface area contributed by atoms with Crippen LogP contribution in [0.3, 0.4) is 0 Å². The minimum atomic E-state index is -4.28. The zero-order valence-electron chi connectivity index (χ0n) is 12.7. The molecule has 0 saturated heterocycles. The van der Waals surface area contributed by atoms with Crippen LogP contribution in [0.25, 0.3) is 11.1 Å². The molecule has 0 aromatic heterocycles. The van der Waals surface area contributed by atoms with E-state index >= 15 is 0 Å². The van der Waals surface area contributed by atoms with Crippen LogP contribution in [-0.4, -0.2) is 17.5 Å². The molecule has 2 aliphatic rings. The summed E-state index contributed by atoms with van der Waals surface area (Å²) in [5, 5.41) is 0. The lowest BCUT2D eigenvalue weighted by atomic mass is 9.94. The minimum Gasteiger partial charge on any atom is -0.296 e. The average Bonchev–Trinajstić information content (AvgIpc) is 3.38. The highest BCUT2D eigenvalue weighted by atomic mass is 19.4. The Kier molecular flexibility index (Phi) is 3.45. The summed E-state index contributed by atoms with van der Waals surface area (Å²) in [6.45, 7) is 2.09. The van der Waals surface area contributed by atoms with Gasteiger partial charge in [-0.05, 0) is 59.7 Å². The molecular formula is C19H18F3N. The molecule has 0 unspecified atom stereocenters. The van der Waals surface area contributed by atoms with E-state index in [9.17, 15) is 13.2 Å². The third-order valence-electron chi connectivity index (χ3n) is 4.86. The summed E-state index contributed by atoms with van der Waals surface area (Å²) in [7, 11) is 0. The van der Waals surface area contributed by atoms with Gasteiger partial charge in [-0.15, -0.1) is 0 Å². The molecule has 0 atom stereocenters. The van der Waals surface area contributed by atoms with E-state index in [1.165, 1.54) is 24.0 Å². The van der Waals surface area contributed by atoms with Crippen LogP contribution < -0.4 is 0 Å². The Morgan fingerprint density at radius 1 is 0.870 bits per heavy atom. The number of fused-ring (bicyclic) bond motifs is 1. The summed E-state index contributed by atoms with van der Waals surface area (Å²) in [6.07, 6.45) is -0.611. The summed E-state index contributed by atoms with van der Waals surface area (Å²) in [5.41, 5.74) is 3.93. The molecule has 4 heteroatoms. The first-order valence-electron chi connectivity index (χ1n) is 8.04. The summed E-state index contributed by atoms with van der Waals surface area (Å²) in [4.78, 5) is 2.53. The quantitative estimate of drug-likeness (QED) is 0.762. The predicted octanol–water partition coefficient (Wildman–Crippen LogP) is 4.89. The normalized spacial score (nSPS) is 18.7. The van der Waals surface area contributed by atoms with Crippen molar-refractivity contribution in [3.63, 3.8) is 0 Å². The molecule has 2 aromatic rings. The Morgan fingerprint density at radius 2 is 1.57 bits per heavy atom. The van der Waals surface area contributed by atoms with Gasteiger partial charge in [-0.3, -0.25) is 4.90 Å². The van der Waals surface area contributed by atoms with Gasteiger partial charge in [0.2, 0.25) is 0 Å². The van der Waals surface area contributed by atoms with Gasteiger partial charge >= 0.3 is 6.18 Å². The third kappa shape index (κ3) is 3.00. The lowest BCUT2D eigenvalue weighted by Crippen LogP contribution is -2.32. The van der Waals surface area contributed by atoms with Crippen LogP contribution in [0.15, 0.2) is 42.5 Å². The molecule has 1 saturated carbocycles. The molecule has 0 N–H and O–H groups in total. The maximum Gasteiger partial charge on any atom is 0.416 e. The second-order valence-corrected chi connectivity index (χ2v) is 6.51. The number of alkyl halides is 3. The molecule has 1 aliphatic heterocycles. The second kappa shape index (κ2) is 5.38. The molecule has 23 heavy (non-hydrogen) atoms. The molecule has 0 bridgehead atoms. The zero-order valence-corrected chi connectivity index (χ0v) is 12.7. The summed E-state index contributed by atoms with van der Waals surface area (Å²) in [5.74, 6) is 0. The van der Waals surface area contributed by atoms with Crippen molar-refractivity contribution in [1.29, 1.82) is 0 Å². The molecule has 2 aromatic carbocycles. The number of hydrogen-bond donors (Lipinski definition) is 0. The van der Waals surface area contributed by atoms with Gasteiger partial charge in [-0.25, -0.2) is 0 Å². The highest BCUT2D eigenvalue weighted by Crippen LogP contribution is 2.34. The summed E-state index contributed by atoms with van der Waals surface area (Å²) in [6, 6.07) is 12.5. The van der Waals surface area contributed by atoms with Crippen LogP contribution in [0.2, 0.25) is 0 Å². The third-order valence-corrected chi connectivity index (χ3v) is 4.86. The molecule has 1 nitrogen and oxygen atoms in total. The van der Waals surface area contributed by atoms with Gasteiger partial charge in [0.1, 0.15) is 0 Å². The Bertz CT molecular complexity index is 714. The van der Waals surface area contributed by atoms with E-state index in [0.717, 1.165) is 48.8 Å². The Hall–Kier alpha value is -1.81. The molecule has 1 aliphatic carbocycles. The summed E-state index contributed by atoms with van der Waals surface area (Å²) >= 11 is 0. The lowest BCUT2D eigenvalue weighted by Gasteiger charge is -2.29. The second-order valence-electron chi connectivity index (χ2n) is 6.51. The average molecular weight is 317 g/mol. The monoisotopic (exact) mass is 317 g/mol. The van der Waals surface area contributed by atoms with Crippen molar-refractivity contribution in [2.24, 2.45) is 0 Å².